The van der Waals surface area contributed by atoms with Gasteiger partial charge in [-0.25, -0.2) is 9.59 Å². The van der Waals surface area contributed by atoms with Crippen LogP contribution in [0.15, 0.2) is 0 Å². The summed E-state index contributed by atoms with van der Waals surface area (Å²) >= 11 is 0. The van der Waals surface area contributed by atoms with Gasteiger partial charge in [-0.1, -0.05) is 13.8 Å². The first kappa shape index (κ1) is 14.9. The van der Waals surface area contributed by atoms with E-state index in [4.69, 9.17) is 0 Å². The van der Waals surface area contributed by atoms with Crippen LogP contribution in [0.4, 0.5) is 9.59 Å². The van der Waals surface area contributed by atoms with Gasteiger partial charge in [0.05, 0.1) is 0 Å². The Morgan fingerprint density at radius 2 is 2.00 bits per heavy atom. The number of carbonyl (C=O) groups is 4. The second-order valence-electron chi connectivity index (χ2n) is 4.68. The maximum absolute atomic E-state index is 11.9. The van der Waals surface area contributed by atoms with Gasteiger partial charge in [-0.05, 0) is 12.3 Å². The summed E-state index contributed by atoms with van der Waals surface area (Å²) < 4.78 is 0. The van der Waals surface area contributed by atoms with Gasteiger partial charge in [0.1, 0.15) is 12.6 Å². The van der Waals surface area contributed by atoms with Gasteiger partial charge < -0.3 is 10.6 Å². The van der Waals surface area contributed by atoms with Crippen LogP contribution in [0.1, 0.15) is 20.3 Å². The Morgan fingerprint density at radius 3 is 2.53 bits per heavy atom. The molecular weight excluding hydrogens is 252 g/mol. The average molecular weight is 270 g/mol. The van der Waals surface area contributed by atoms with Crippen molar-refractivity contribution in [1.82, 2.24) is 20.9 Å². The third-order valence-electron chi connectivity index (χ3n) is 2.60. The van der Waals surface area contributed by atoms with Gasteiger partial charge in [-0.2, -0.15) is 0 Å². The fourth-order valence-electron chi connectivity index (χ4n) is 1.73. The summed E-state index contributed by atoms with van der Waals surface area (Å²) in [4.78, 5) is 46.7. The highest BCUT2D eigenvalue weighted by Gasteiger charge is 2.39. The minimum atomic E-state index is -0.715. The van der Waals surface area contributed by atoms with Gasteiger partial charge >= 0.3 is 12.1 Å². The summed E-state index contributed by atoms with van der Waals surface area (Å²) in [7, 11) is 1.36. The van der Waals surface area contributed by atoms with Crippen molar-refractivity contribution in [1.29, 1.82) is 0 Å². The number of carbonyl (C=O) groups excluding carboxylic acids is 4. The highest BCUT2D eigenvalue weighted by Crippen LogP contribution is 2.13. The maximum Gasteiger partial charge on any atom is 0.325 e. The molecule has 1 fully saturated rings. The van der Waals surface area contributed by atoms with E-state index >= 15 is 0 Å². The van der Waals surface area contributed by atoms with Crippen molar-refractivity contribution < 1.29 is 19.2 Å². The molecule has 1 saturated heterocycles. The van der Waals surface area contributed by atoms with Gasteiger partial charge in [-0.3, -0.25) is 19.8 Å². The summed E-state index contributed by atoms with van der Waals surface area (Å²) in [5, 5.41) is 6.71. The lowest BCUT2D eigenvalue weighted by atomic mass is 10.0. The van der Waals surface area contributed by atoms with E-state index in [1.807, 2.05) is 19.2 Å². The van der Waals surface area contributed by atoms with Crippen molar-refractivity contribution >= 4 is 23.9 Å². The summed E-state index contributed by atoms with van der Waals surface area (Å²) in [5.41, 5.74) is 0. The molecule has 6 amide bonds. The summed E-state index contributed by atoms with van der Waals surface area (Å²) in [6.45, 7) is 3.40. The summed E-state index contributed by atoms with van der Waals surface area (Å²) in [5.74, 6) is -0.910. The largest absolute Gasteiger partial charge is 0.341 e. The van der Waals surface area contributed by atoms with Crippen molar-refractivity contribution in [2.75, 3.05) is 13.6 Å². The average Bonchev–Trinajstić information content (AvgIpc) is 2.56. The molecular formula is C11H18N4O4. The molecule has 1 aliphatic rings. The maximum atomic E-state index is 11.9. The first-order valence-electron chi connectivity index (χ1n) is 5.98. The Hall–Kier alpha value is -2.12. The number of rotatable bonds is 4. The number of amides is 6. The Morgan fingerprint density at radius 1 is 1.37 bits per heavy atom. The lowest BCUT2D eigenvalue weighted by Gasteiger charge is -2.13. The zero-order valence-electron chi connectivity index (χ0n) is 11.1. The fraction of sp³-hybridized carbons (Fsp3) is 0.636. The van der Waals surface area contributed by atoms with E-state index in [9.17, 15) is 19.2 Å². The zero-order valence-corrected chi connectivity index (χ0v) is 11.1. The standard InChI is InChI=1S/C11H18N4O4/c1-6(2)4-7-9(17)15(11(19)13-7)5-8(16)14-10(18)12-3/h6-7H,4-5H2,1-3H3,(H,13,19)(H2,12,14,16,18)/t7-/m0/s1. The van der Waals surface area contributed by atoms with Gasteiger partial charge in [0.15, 0.2) is 0 Å². The van der Waals surface area contributed by atoms with Crippen molar-refractivity contribution in [2.45, 2.75) is 26.3 Å². The van der Waals surface area contributed by atoms with E-state index in [1.54, 1.807) is 0 Å². The van der Waals surface area contributed by atoms with E-state index in [-0.39, 0.29) is 5.92 Å². The molecule has 0 aromatic heterocycles. The quantitative estimate of drug-likeness (QED) is 0.593. The van der Waals surface area contributed by atoms with Crippen LogP contribution in [-0.4, -0.2) is 48.4 Å². The normalized spacial score (nSPS) is 18.5. The molecule has 0 saturated carbocycles. The lowest BCUT2D eigenvalue weighted by molar-refractivity contribution is -0.132. The van der Waals surface area contributed by atoms with Gasteiger partial charge in [0, 0.05) is 7.05 Å². The van der Waals surface area contributed by atoms with Gasteiger partial charge in [0.25, 0.3) is 5.91 Å². The van der Waals surface area contributed by atoms with E-state index in [1.165, 1.54) is 7.05 Å². The number of hydrogen-bond acceptors (Lipinski definition) is 4. The Balaban J connectivity index is 2.59. The first-order chi connectivity index (χ1) is 8.85. The van der Waals surface area contributed by atoms with Crippen LogP contribution in [0.3, 0.4) is 0 Å². The predicted molar refractivity (Wildman–Crippen MR) is 66.1 cm³/mol. The number of nitrogens with zero attached hydrogens (tertiary/aromatic N) is 1. The molecule has 1 atom stereocenters. The molecule has 8 heteroatoms. The number of imide groups is 2. The Labute approximate surface area is 110 Å². The van der Waals surface area contributed by atoms with Gasteiger partial charge in [0.2, 0.25) is 5.91 Å². The van der Waals surface area contributed by atoms with Crippen LogP contribution in [0.25, 0.3) is 0 Å². The minimum Gasteiger partial charge on any atom is -0.341 e. The SMILES string of the molecule is CNC(=O)NC(=O)CN1C(=O)N[C@@H](CC(C)C)C1=O. The van der Waals surface area contributed by atoms with E-state index < -0.39 is 36.5 Å². The number of hydrogen-bond donors (Lipinski definition) is 3. The fourth-order valence-corrected chi connectivity index (χ4v) is 1.73. The second kappa shape index (κ2) is 6.17. The number of urea groups is 2. The highest BCUT2D eigenvalue weighted by atomic mass is 16.2. The predicted octanol–water partition coefficient (Wildman–Crippen LogP) is -0.591. The third kappa shape index (κ3) is 3.94. The molecule has 1 aliphatic heterocycles. The molecule has 0 unspecified atom stereocenters. The topological polar surface area (TPSA) is 108 Å². The minimum absolute atomic E-state index is 0.244. The summed E-state index contributed by atoms with van der Waals surface area (Å²) in [6.07, 6.45) is 0.512. The molecule has 106 valence electrons. The summed E-state index contributed by atoms with van der Waals surface area (Å²) in [6, 6.07) is -1.89. The van der Waals surface area contributed by atoms with Crippen molar-refractivity contribution in [3.8, 4) is 0 Å². The van der Waals surface area contributed by atoms with E-state index in [2.05, 4.69) is 10.6 Å². The molecule has 19 heavy (non-hydrogen) atoms. The molecule has 3 N–H and O–H groups in total. The van der Waals surface area contributed by atoms with Crippen LogP contribution in [0.5, 0.6) is 0 Å². The molecule has 0 aromatic rings. The van der Waals surface area contributed by atoms with Crippen LogP contribution in [-0.2, 0) is 9.59 Å². The molecule has 0 bridgehead atoms. The molecule has 8 nitrogen and oxygen atoms in total. The molecule has 1 heterocycles. The van der Waals surface area contributed by atoms with Crippen LogP contribution >= 0.6 is 0 Å². The third-order valence-corrected chi connectivity index (χ3v) is 2.60. The molecule has 0 aromatic carbocycles. The van der Waals surface area contributed by atoms with Crippen molar-refractivity contribution in [3.05, 3.63) is 0 Å². The van der Waals surface area contributed by atoms with Crippen LogP contribution < -0.4 is 16.0 Å². The van der Waals surface area contributed by atoms with Gasteiger partial charge in [-0.15, -0.1) is 0 Å². The van der Waals surface area contributed by atoms with Crippen molar-refractivity contribution in [2.24, 2.45) is 5.92 Å². The van der Waals surface area contributed by atoms with E-state index in [0.29, 0.717) is 6.42 Å². The highest BCUT2D eigenvalue weighted by molar-refractivity contribution is 6.07. The van der Waals surface area contributed by atoms with Crippen LogP contribution in [0.2, 0.25) is 0 Å². The monoisotopic (exact) mass is 270 g/mol. The second-order valence-corrected chi connectivity index (χ2v) is 4.68. The van der Waals surface area contributed by atoms with Crippen molar-refractivity contribution in [3.63, 3.8) is 0 Å². The molecule has 0 aliphatic carbocycles. The number of nitrogens with one attached hydrogen (secondary N) is 3. The Bertz CT molecular complexity index is 407. The Kier molecular flexibility index (Phi) is 4.85. The first-order valence-corrected chi connectivity index (χ1v) is 5.98. The zero-order chi connectivity index (χ0) is 14.6. The lowest BCUT2D eigenvalue weighted by Crippen LogP contribution is -2.45. The smallest absolute Gasteiger partial charge is 0.325 e. The molecule has 0 radical (unpaired) electrons. The van der Waals surface area contributed by atoms with E-state index in [0.717, 1.165) is 4.90 Å². The molecule has 0 spiro atoms. The molecule has 1 rings (SSSR count). The van der Waals surface area contributed by atoms with Crippen LogP contribution in [0, 0.1) is 5.92 Å².